The second-order valence-electron chi connectivity index (χ2n) is 12.3. The number of carbonyl (C=O) groups excluding carboxylic acids is 1. The summed E-state index contributed by atoms with van der Waals surface area (Å²) in [5.74, 6) is 0.113. The van der Waals surface area contributed by atoms with Crippen molar-refractivity contribution in [3.63, 3.8) is 0 Å². The summed E-state index contributed by atoms with van der Waals surface area (Å²) in [6.07, 6.45) is 21.8. The molecule has 0 saturated carbocycles. The number of ether oxygens (including phenoxy) is 2. The zero-order chi connectivity index (χ0) is 30.0. The summed E-state index contributed by atoms with van der Waals surface area (Å²) in [5.41, 5.74) is 0. The van der Waals surface area contributed by atoms with E-state index in [2.05, 4.69) is 6.92 Å². The lowest BCUT2D eigenvalue weighted by Crippen LogP contribution is -2.37. The largest absolute Gasteiger partial charge is 0.472 e. The molecule has 0 rings (SSSR count). The number of quaternary nitrogens is 1. The highest BCUT2D eigenvalue weighted by Crippen LogP contribution is 2.43. The van der Waals surface area contributed by atoms with E-state index in [1.807, 2.05) is 21.1 Å². The smallest absolute Gasteiger partial charge is 0.379 e. The summed E-state index contributed by atoms with van der Waals surface area (Å²) < 4.78 is 34.7. The zero-order valence-corrected chi connectivity index (χ0v) is 27.7. The number of ketones is 1. The van der Waals surface area contributed by atoms with Crippen molar-refractivity contribution in [2.24, 2.45) is 0 Å². The molecule has 0 fully saturated rings. The Hall–Kier alpha value is -0.340. The van der Waals surface area contributed by atoms with E-state index in [1.165, 1.54) is 89.9 Å². The molecule has 0 aromatic heterocycles. The van der Waals surface area contributed by atoms with Crippen LogP contribution in [0.2, 0.25) is 0 Å². The topological polar surface area (TPSA) is 91.3 Å². The van der Waals surface area contributed by atoms with Gasteiger partial charge in [-0.1, -0.05) is 103 Å². The fourth-order valence-corrected chi connectivity index (χ4v) is 5.07. The number of hydrogen-bond acceptors (Lipinski definition) is 6. The lowest BCUT2D eigenvalue weighted by molar-refractivity contribution is -0.870. The number of likely N-dealkylation sites (N-methyl/N-ethyl adjacent to an activating group) is 1. The number of carbonyl (C=O) groups is 1. The van der Waals surface area contributed by atoms with Crippen molar-refractivity contribution in [1.29, 1.82) is 0 Å². The van der Waals surface area contributed by atoms with Crippen LogP contribution < -0.4 is 0 Å². The van der Waals surface area contributed by atoms with Crippen molar-refractivity contribution in [2.45, 2.75) is 136 Å². The van der Waals surface area contributed by atoms with Crippen molar-refractivity contribution in [3.8, 4) is 0 Å². The minimum absolute atomic E-state index is 0.100. The summed E-state index contributed by atoms with van der Waals surface area (Å²) in [7, 11) is 1.78. The third kappa shape index (κ3) is 30.6. The Labute approximate surface area is 247 Å². The van der Waals surface area contributed by atoms with Crippen molar-refractivity contribution in [3.05, 3.63) is 0 Å². The average molecular weight is 595 g/mol. The molecule has 1 N–H and O–H groups in total. The van der Waals surface area contributed by atoms with E-state index >= 15 is 0 Å². The lowest BCUT2D eigenvalue weighted by atomic mass is 10.0. The standard InChI is InChI=1S/C31H64NO7P/c1-6-7-8-9-10-11-12-13-14-15-16-17-18-19-20-21-25-36-28-31(37-26-22-23-30(2)33)29-39-40(34,35)38-27-24-32(3,4)5/h31H,6-29H2,1-5H3/p+1/t31-/m1/s1. The van der Waals surface area contributed by atoms with Gasteiger partial charge in [-0.2, -0.15) is 0 Å². The molecule has 8 nitrogen and oxygen atoms in total. The first kappa shape index (κ1) is 39.7. The van der Waals surface area contributed by atoms with Crippen molar-refractivity contribution in [2.75, 3.05) is 60.7 Å². The molecule has 0 saturated heterocycles. The fourth-order valence-electron chi connectivity index (χ4n) is 4.33. The number of unbranched alkanes of at least 4 members (excludes halogenated alkanes) is 15. The van der Waals surface area contributed by atoms with Crippen LogP contribution in [-0.4, -0.2) is 82.0 Å². The Bertz CT molecular complexity index is 627. The first-order valence-electron chi connectivity index (χ1n) is 16.2. The third-order valence-corrected chi connectivity index (χ3v) is 7.90. The molecule has 0 bridgehead atoms. The Kier molecular flexibility index (Phi) is 26.1. The second-order valence-corrected chi connectivity index (χ2v) is 13.7. The van der Waals surface area contributed by atoms with E-state index in [0.717, 1.165) is 12.8 Å². The van der Waals surface area contributed by atoms with Gasteiger partial charge < -0.3 is 23.6 Å². The maximum Gasteiger partial charge on any atom is 0.472 e. The van der Waals surface area contributed by atoms with Crippen LogP contribution in [0.15, 0.2) is 0 Å². The Morgan fingerprint density at radius 2 is 1.20 bits per heavy atom. The van der Waals surface area contributed by atoms with Gasteiger partial charge in [-0.15, -0.1) is 0 Å². The molecule has 0 aliphatic rings. The maximum absolute atomic E-state index is 12.2. The molecular formula is C31H65NO7P+. The number of rotatable bonds is 31. The lowest BCUT2D eigenvalue weighted by Gasteiger charge is -2.24. The summed E-state index contributed by atoms with van der Waals surface area (Å²) in [4.78, 5) is 21.2. The third-order valence-electron chi connectivity index (χ3n) is 6.91. The summed E-state index contributed by atoms with van der Waals surface area (Å²) in [6, 6.07) is 0. The predicted octanol–water partition coefficient (Wildman–Crippen LogP) is 7.86. The van der Waals surface area contributed by atoms with Crippen LogP contribution in [0, 0.1) is 0 Å². The molecule has 40 heavy (non-hydrogen) atoms. The van der Waals surface area contributed by atoms with E-state index in [1.54, 1.807) is 6.92 Å². The van der Waals surface area contributed by atoms with E-state index in [0.29, 0.717) is 37.1 Å². The predicted molar refractivity (Wildman–Crippen MR) is 165 cm³/mol. The normalized spacial score (nSPS) is 14.3. The summed E-state index contributed by atoms with van der Waals surface area (Å²) in [6.45, 7) is 5.70. The minimum Gasteiger partial charge on any atom is -0.379 e. The number of phosphoric acid groups is 1. The van der Waals surface area contributed by atoms with Crippen LogP contribution in [-0.2, 0) is 27.9 Å². The highest BCUT2D eigenvalue weighted by Gasteiger charge is 2.25. The minimum atomic E-state index is -4.17. The number of phosphoric ester groups is 1. The highest BCUT2D eigenvalue weighted by atomic mass is 31.2. The van der Waals surface area contributed by atoms with Gasteiger partial charge in [0.1, 0.15) is 25.0 Å². The molecule has 0 aromatic rings. The first-order chi connectivity index (χ1) is 19.1. The van der Waals surface area contributed by atoms with Crippen molar-refractivity contribution in [1.82, 2.24) is 0 Å². The molecule has 0 aliphatic carbocycles. The van der Waals surface area contributed by atoms with Gasteiger partial charge in [0.15, 0.2) is 0 Å². The van der Waals surface area contributed by atoms with Gasteiger partial charge in [0.2, 0.25) is 0 Å². The Balaban J connectivity index is 3.90. The Morgan fingerprint density at radius 1 is 0.700 bits per heavy atom. The van der Waals surface area contributed by atoms with Crippen LogP contribution in [0.4, 0.5) is 0 Å². The van der Waals surface area contributed by atoms with Gasteiger partial charge in [-0.3, -0.25) is 9.05 Å². The van der Waals surface area contributed by atoms with Crippen LogP contribution >= 0.6 is 7.82 Å². The first-order valence-corrected chi connectivity index (χ1v) is 17.7. The summed E-state index contributed by atoms with van der Waals surface area (Å²) >= 11 is 0. The van der Waals surface area contributed by atoms with Crippen molar-refractivity contribution >= 4 is 13.6 Å². The molecule has 0 aromatic carbocycles. The van der Waals surface area contributed by atoms with Gasteiger partial charge in [0, 0.05) is 19.6 Å². The van der Waals surface area contributed by atoms with Gasteiger partial charge in [0.25, 0.3) is 0 Å². The monoisotopic (exact) mass is 594 g/mol. The number of hydrogen-bond donors (Lipinski definition) is 1. The quantitative estimate of drug-likeness (QED) is 0.0496. The van der Waals surface area contributed by atoms with Gasteiger partial charge in [-0.05, 0) is 19.8 Å². The van der Waals surface area contributed by atoms with E-state index in [9.17, 15) is 14.3 Å². The molecule has 2 atom stereocenters. The molecule has 0 spiro atoms. The molecule has 0 aliphatic heterocycles. The molecular weight excluding hydrogens is 529 g/mol. The van der Waals surface area contributed by atoms with Crippen LogP contribution in [0.3, 0.4) is 0 Å². The molecule has 9 heteroatoms. The fraction of sp³-hybridized carbons (Fsp3) is 0.968. The second kappa shape index (κ2) is 26.3. The van der Waals surface area contributed by atoms with Gasteiger partial charge >= 0.3 is 7.82 Å². The molecule has 240 valence electrons. The van der Waals surface area contributed by atoms with E-state index in [4.69, 9.17) is 18.5 Å². The Morgan fingerprint density at radius 3 is 1.68 bits per heavy atom. The van der Waals surface area contributed by atoms with Crippen LogP contribution in [0.5, 0.6) is 0 Å². The van der Waals surface area contributed by atoms with Crippen molar-refractivity contribution < 1.29 is 37.3 Å². The van der Waals surface area contributed by atoms with Gasteiger partial charge in [-0.25, -0.2) is 4.57 Å². The van der Waals surface area contributed by atoms with E-state index < -0.39 is 13.9 Å². The highest BCUT2D eigenvalue weighted by molar-refractivity contribution is 7.47. The molecule has 0 heterocycles. The zero-order valence-electron chi connectivity index (χ0n) is 26.8. The van der Waals surface area contributed by atoms with Crippen LogP contribution in [0.1, 0.15) is 129 Å². The molecule has 0 amide bonds. The van der Waals surface area contributed by atoms with E-state index in [-0.39, 0.29) is 25.6 Å². The summed E-state index contributed by atoms with van der Waals surface area (Å²) in [5, 5.41) is 0. The van der Waals surface area contributed by atoms with Gasteiger partial charge in [0.05, 0.1) is 34.4 Å². The number of nitrogens with zero attached hydrogens (tertiary/aromatic N) is 1. The number of Topliss-reactive ketones (excluding diaryl/α,β-unsaturated/α-hetero) is 1. The SMILES string of the molecule is CCCCCCCCCCCCCCCCCCOC[C@H](COP(=O)(O)OCC[N+](C)(C)C)OCCCC(C)=O. The maximum atomic E-state index is 12.2. The molecule has 0 radical (unpaired) electrons. The molecule has 1 unspecified atom stereocenters. The average Bonchev–Trinajstić information content (AvgIpc) is 2.87. The van der Waals surface area contributed by atoms with Crippen LogP contribution in [0.25, 0.3) is 0 Å².